The molecule has 1 aliphatic heterocycles. The van der Waals surface area contributed by atoms with Crippen molar-refractivity contribution in [1.29, 1.82) is 0 Å². The molecule has 2 heterocycles. The number of piperazine rings is 1. The molecule has 2 N–H and O–H groups in total. The number of nitrogens with zero attached hydrogens (tertiary/aromatic N) is 4. The number of aliphatic carboxylic acids is 1. The first-order chi connectivity index (χ1) is 18.3. The van der Waals surface area contributed by atoms with Gasteiger partial charge in [0.25, 0.3) is 0 Å². The van der Waals surface area contributed by atoms with Crippen LogP contribution in [0.5, 0.6) is 0 Å². The van der Waals surface area contributed by atoms with Gasteiger partial charge in [-0.15, -0.1) is 0 Å². The van der Waals surface area contributed by atoms with Gasteiger partial charge in [0.15, 0.2) is 11.6 Å². The second kappa shape index (κ2) is 10.8. The summed E-state index contributed by atoms with van der Waals surface area (Å²) >= 11 is 0. The Hall–Kier alpha value is -3.92. The number of fused-ring (bicyclic) bond motifs is 2. The molecule has 3 aromatic carbocycles. The zero-order valence-corrected chi connectivity index (χ0v) is 20.7. The largest absolute Gasteiger partial charge is 0.490 e. The molecular weight excluding hydrogens is 495 g/mol. The molecule has 6 rings (SSSR count). The summed E-state index contributed by atoms with van der Waals surface area (Å²) in [6.45, 7) is 5.00. The highest BCUT2D eigenvalue weighted by Crippen LogP contribution is 2.31. The monoisotopic (exact) mass is 523 g/mol. The number of carboxylic acid groups (broad SMARTS) is 1. The van der Waals surface area contributed by atoms with Gasteiger partial charge in [0, 0.05) is 38.8 Å². The van der Waals surface area contributed by atoms with Gasteiger partial charge in [-0.25, -0.2) is 14.8 Å². The topological polar surface area (TPSA) is 81.6 Å². The van der Waals surface area contributed by atoms with Gasteiger partial charge in [-0.05, 0) is 47.4 Å². The zero-order valence-electron chi connectivity index (χ0n) is 20.7. The molecule has 198 valence electrons. The van der Waals surface area contributed by atoms with Gasteiger partial charge >= 0.3 is 12.1 Å². The predicted octanol–water partition coefficient (Wildman–Crippen LogP) is 5.31. The third-order valence-electron chi connectivity index (χ3n) is 6.60. The summed E-state index contributed by atoms with van der Waals surface area (Å²) in [6.07, 6.45) is -2.62. The molecule has 7 nitrogen and oxygen atoms in total. The Balaban J connectivity index is 0.000000374. The summed E-state index contributed by atoms with van der Waals surface area (Å²) in [5, 5.41) is 13.4. The fourth-order valence-electron chi connectivity index (χ4n) is 4.44. The van der Waals surface area contributed by atoms with Crippen molar-refractivity contribution in [3.63, 3.8) is 0 Å². The van der Waals surface area contributed by atoms with Crippen molar-refractivity contribution in [3.8, 4) is 0 Å². The standard InChI is InChI=1S/C26H27N5.C2HF3O2/c1-2-6-21-17-19(9-10-20(21)5-1)18-30-13-15-31(16-14-30)26-25(27-22-11-12-22)28-23-7-3-4-8-24(23)29-26;3-2(4,5)1(6)7/h1-10,17,22H,11-16,18H2,(H,27,28);(H,6,7). The predicted molar refractivity (Wildman–Crippen MR) is 141 cm³/mol. The minimum atomic E-state index is -5.08. The summed E-state index contributed by atoms with van der Waals surface area (Å²) < 4.78 is 31.7. The number of anilines is 2. The summed E-state index contributed by atoms with van der Waals surface area (Å²) in [4.78, 5) is 23.8. The SMILES string of the molecule is O=C(O)C(F)(F)F.c1ccc2cc(CN3CCN(c4nc5ccccc5nc4NC4CC4)CC3)ccc2c1. The minimum Gasteiger partial charge on any atom is -0.475 e. The molecular formula is C28H28F3N5O2. The molecule has 0 unspecified atom stereocenters. The van der Waals surface area contributed by atoms with Gasteiger partial charge < -0.3 is 15.3 Å². The lowest BCUT2D eigenvalue weighted by molar-refractivity contribution is -0.192. The van der Waals surface area contributed by atoms with Crippen LogP contribution >= 0.6 is 0 Å². The van der Waals surface area contributed by atoms with E-state index in [1.807, 2.05) is 18.2 Å². The van der Waals surface area contributed by atoms with Crippen LogP contribution in [0.1, 0.15) is 18.4 Å². The Bertz CT molecular complexity index is 1430. The van der Waals surface area contributed by atoms with Gasteiger partial charge in [-0.1, -0.05) is 48.5 Å². The number of alkyl halides is 3. The van der Waals surface area contributed by atoms with Crippen LogP contribution in [-0.4, -0.2) is 64.3 Å². The third kappa shape index (κ3) is 6.31. The number of aromatic nitrogens is 2. The molecule has 0 amide bonds. The molecule has 1 aromatic heterocycles. The maximum Gasteiger partial charge on any atom is 0.490 e. The van der Waals surface area contributed by atoms with Crippen LogP contribution < -0.4 is 10.2 Å². The van der Waals surface area contributed by atoms with Gasteiger partial charge in [0.2, 0.25) is 0 Å². The second-order valence-electron chi connectivity index (χ2n) is 9.55. The van der Waals surface area contributed by atoms with E-state index in [4.69, 9.17) is 19.9 Å². The number of halogens is 3. The molecule has 0 atom stereocenters. The number of benzene rings is 3. The zero-order chi connectivity index (χ0) is 26.7. The lowest BCUT2D eigenvalue weighted by Gasteiger charge is -2.36. The number of rotatable bonds is 5. The molecule has 1 aliphatic carbocycles. The van der Waals surface area contributed by atoms with Crippen LogP contribution in [0.3, 0.4) is 0 Å². The summed E-state index contributed by atoms with van der Waals surface area (Å²) in [5.41, 5.74) is 3.32. The highest BCUT2D eigenvalue weighted by atomic mass is 19.4. The van der Waals surface area contributed by atoms with E-state index in [-0.39, 0.29) is 0 Å². The van der Waals surface area contributed by atoms with Crippen molar-refractivity contribution in [2.24, 2.45) is 0 Å². The highest BCUT2D eigenvalue weighted by molar-refractivity contribution is 5.83. The number of carboxylic acids is 1. The third-order valence-corrected chi connectivity index (χ3v) is 6.60. The summed E-state index contributed by atoms with van der Waals surface area (Å²) in [6, 6.07) is 24.2. The normalized spacial score (nSPS) is 16.2. The van der Waals surface area contributed by atoms with Crippen LogP contribution in [0.2, 0.25) is 0 Å². The van der Waals surface area contributed by atoms with E-state index in [9.17, 15) is 13.2 Å². The molecule has 0 bridgehead atoms. The molecule has 0 radical (unpaired) electrons. The molecule has 2 fully saturated rings. The molecule has 1 saturated carbocycles. The lowest BCUT2D eigenvalue weighted by atomic mass is 10.1. The smallest absolute Gasteiger partial charge is 0.475 e. The van der Waals surface area contributed by atoms with Gasteiger partial charge in [-0.3, -0.25) is 4.90 Å². The van der Waals surface area contributed by atoms with Gasteiger partial charge in [0.1, 0.15) is 0 Å². The maximum absolute atomic E-state index is 10.6. The van der Waals surface area contributed by atoms with E-state index in [1.165, 1.54) is 29.2 Å². The average Bonchev–Trinajstić information content (AvgIpc) is 3.73. The van der Waals surface area contributed by atoms with E-state index < -0.39 is 12.1 Å². The van der Waals surface area contributed by atoms with Crippen molar-refractivity contribution in [2.75, 3.05) is 36.4 Å². The van der Waals surface area contributed by atoms with Crippen molar-refractivity contribution >= 4 is 39.4 Å². The van der Waals surface area contributed by atoms with Crippen LogP contribution in [0.4, 0.5) is 24.8 Å². The molecule has 0 spiro atoms. The number of hydrogen-bond donors (Lipinski definition) is 2. The first-order valence-corrected chi connectivity index (χ1v) is 12.5. The second-order valence-corrected chi connectivity index (χ2v) is 9.55. The Labute approximate surface area is 217 Å². The Morgan fingerprint density at radius 3 is 2.13 bits per heavy atom. The number of para-hydroxylation sites is 2. The van der Waals surface area contributed by atoms with E-state index >= 15 is 0 Å². The summed E-state index contributed by atoms with van der Waals surface area (Å²) in [5.74, 6) is -0.798. The Morgan fingerprint density at radius 2 is 1.50 bits per heavy atom. The Kier molecular flexibility index (Phi) is 7.33. The number of carbonyl (C=O) groups is 1. The van der Waals surface area contributed by atoms with Gasteiger partial charge in [0.05, 0.1) is 11.0 Å². The molecule has 2 aliphatic rings. The van der Waals surface area contributed by atoms with Crippen molar-refractivity contribution in [2.45, 2.75) is 31.6 Å². The van der Waals surface area contributed by atoms with Crippen molar-refractivity contribution in [3.05, 3.63) is 72.3 Å². The highest BCUT2D eigenvalue weighted by Gasteiger charge is 2.38. The molecule has 38 heavy (non-hydrogen) atoms. The fraction of sp³-hybridized carbons (Fsp3) is 0.321. The van der Waals surface area contributed by atoms with Crippen LogP contribution in [0.25, 0.3) is 21.8 Å². The number of hydrogen-bond acceptors (Lipinski definition) is 6. The van der Waals surface area contributed by atoms with Crippen molar-refractivity contribution in [1.82, 2.24) is 14.9 Å². The maximum atomic E-state index is 10.6. The van der Waals surface area contributed by atoms with Crippen LogP contribution in [0.15, 0.2) is 66.7 Å². The van der Waals surface area contributed by atoms with E-state index in [0.29, 0.717) is 6.04 Å². The summed E-state index contributed by atoms with van der Waals surface area (Å²) in [7, 11) is 0. The average molecular weight is 524 g/mol. The van der Waals surface area contributed by atoms with Crippen LogP contribution in [-0.2, 0) is 11.3 Å². The lowest BCUT2D eigenvalue weighted by Crippen LogP contribution is -2.46. The molecule has 10 heteroatoms. The minimum absolute atomic E-state index is 0.559. The van der Waals surface area contributed by atoms with E-state index in [1.54, 1.807) is 0 Å². The van der Waals surface area contributed by atoms with Gasteiger partial charge in [-0.2, -0.15) is 13.2 Å². The molecule has 4 aromatic rings. The van der Waals surface area contributed by atoms with Crippen LogP contribution in [0, 0.1) is 0 Å². The Morgan fingerprint density at radius 1 is 0.895 bits per heavy atom. The first-order valence-electron chi connectivity index (χ1n) is 12.5. The van der Waals surface area contributed by atoms with Crippen molar-refractivity contribution < 1.29 is 23.1 Å². The number of nitrogens with one attached hydrogen (secondary N) is 1. The van der Waals surface area contributed by atoms with E-state index in [0.717, 1.165) is 55.4 Å². The fourth-order valence-corrected chi connectivity index (χ4v) is 4.44. The quantitative estimate of drug-likeness (QED) is 0.367. The first kappa shape index (κ1) is 25.7. The molecule has 1 saturated heterocycles. The van der Waals surface area contributed by atoms with E-state index in [2.05, 4.69) is 63.6 Å².